The first kappa shape index (κ1) is 12.5. The van der Waals surface area contributed by atoms with Crippen LogP contribution in [0.15, 0.2) is 18.2 Å². The van der Waals surface area contributed by atoms with Crippen LogP contribution in [0, 0.1) is 0 Å². The zero-order valence-electron chi connectivity index (χ0n) is 10.2. The molecule has 0 radical (unpaired) electrons. The van der Waals surface area contributed by atoms with Crippen molar-refractivity contribution in [3.8, 4) is 5.75 Å². The van der Waals surface area contributed by atoms with E-state index in [9.17, 15) is 10.0 Å². The fourth-order valence-corrected chi connectivity index (χ4v) is 2.64. The number of rotatable bonds is 3. The van der Waals surface area contributed by atoms with Gasteiger partial charge in [-0.05, 0) is 30.4 Å². The average Bonchev–Trinajstić information content (AvgIpc) is 2.39. The lowest BCUT2D eigenvalue weighted by molar-refractivity contribution is 0.402. The predicted molar refractivity (Wildman–Crippen MR) is 68.6 cm³/mol. The summed E-state index contributed by atoms with van der Waals surface area (Å²) in [5, 5.41) is 18.7. The second kappa shape index (κ2) is 5.56. The lowest BCUT2D eigenvalue weighted by Crippen LogP contribution is -2.31. The summed E-state index contributed by atoms with van der Waals surface area (Å²) in [6.07, 6.45) is 6.27. The molecule has 17 heavy (non-hydrogen) atoms. The number of hydrogen-bond acceptors (Lipinski definition) is 3. The van der Waals surface area contributed by atoms with Gasteiger partial charge in [0.05, 0.1) is 7.11 Å². The van der Waals surface area contributed by atoms with E-state index in [1.807, 2.05) is 18.2 Å². The van der Waals surface area contributed by atoms with Gasteiger partial charge in [0.15, 0.2) is 0 Å². The number of methoxy groups -OCH3 is 1. The molecule has 3 nitrogen and oxygen atoms in total. The summed E-state index contributed by atoms with van der Waals surface area (Å²) in [6.45, 7) is 0. The Morgan fingerprint density at radius 3 is 2.47 bits per heavy atom. The monoisotopic (exact) mass is 234 g/mol. The highest BCUT2D eigenvalue weighted by atomic mass is 16.5. The van der Waals surface area contributed by atoms with E-state index in [-0.39, 0.29) is 0 Å². The molecule has 0 heterocycles. The predicted octanol–water partition coefficient (Wildman–Crippen LogP) is 1.42. The third kappa shape index (κ3) is 2.82. The van der Waals surface area contributed by atoms with Gasteiger partial charge >= 0.3 is 7.12 Å². The topological polar surface area (TPSA) is 49.7 Å². The molecule has 4 heteroatoms. The van der Waals surface area contributed by atoms with Crippen molar-refractivity contribution in [1.29, 1.82) is 0 Å². The van der Waals surface area contributed by atoms with E-state index in [0.717, 1.165) is 0 Å². The highest BCUT2D eigenvalue weighted by Gasteiger charge is 2.21. The molecule has 0 aromatic heterocycles. The molecule has 0 saturated heterocycles. The molecule has 0 unspecified atom stereocenters. The van der Waals surface area contributed by atoms with Gasteiger partial charge in [-0.25, -0.2) is 0 Å². The molecule has 0 aliphatic heterocycles. The summed E-state index contributed by atoms with van der Waals surface area (Å²) in [7, 11) is 0.0788. The third-order valence-electron chi connectivity index (χ3n) is 3.61. The van der Waals surface area contributed by atoms with Crippen molar-refractivity contribution in [1.82, 2.24) is 0 Å². The molecule has 2 rings (SSSR count). The summed E-state index contributed by atoms with van der Waals surface area (Å²) in [6, 6.07) is 5.75. The maximum Gasteiger partial charge on any atom is 0.492 e. The van der Waals surface area contributed by atoms with Crippen LogP contribution < -0.4 is 10.2 Å². The minimum Gasteiger partial charge on any atom is -0.497 e. The Morgan fingerprint density at radius 1 is 1.18 bits per heavy atom. The van der Waals surface area contributed by atoms with Gasteiger partial charge in [0.1, 0.15) is 5.75 Å². The molecule has 1 aromatic carbocycles. The van der Waals surface area contributed by atoms with Gasteiger partial charge in [0, 0.05) is 5.46 Å². The van der Waals surface area contributed by atoms with Gasteiger partial charge < -0.3 is 14.8 Å². The van der Waals surface area contributed by atoms with Crippen LogP contribution in [-0.2, 0) is 0 Å². The molecule has 2 N–H and O–H groups in total. The Labute approximate surface area is 103 Å². The average molecular weight is 234 g/mol. The number of hydrogen-bond donors (Lipinski definition) is 2. The van der Waals surface area contributed by atoms with E-state index in [1.165, 1.54) is 37.7 Å². The quantitative estimate of drug-likeness (QED) is 0.777. The van der Waals surface area contributed by atoms with Crippen molar-refractivity contribution in [2.75, 3.05) is 7.11 Å². The summed E-state index contributed by atoms with van der Waals surface area (Å²) in [5.41, 5.74) is 1.67. The zero-order chi connectivity index (χ0) is 12.3. The van der Waals surface area contributed by atoms with E-state index in [4.69, 9.17) is 4.74 Å². The minimum atomic E-state index is -1.46. The lowest BCUT2D eigenvalue weighted by atomic mass is 9.76. The van der Waals surface area contributed by atoms with Crippen LogP contribution in [0.1, 0.15) is 43.6 Å². The molecule has 1 saturated carbocycles. The molecule has 0 bridgehead atoms. The van der Waals surface area contributed by atoms with Gasteiger partial charge in [0.2, 0.25) is 0 Å². The molecule has 1 aromatic rings. The van der Waals surface area contributed by atoms with Gasteiger partial charge in [-0.2, -0.15) is 0 Å². The molecule has 0 spiro atoms. The van der Waals surface area contributed by atoms with Crippen molar-refractivity contribution < 1.29 is 14.8 Å². The SMILES string of the molecule is COc1ccc(C2CCCCC2)cc1B(O)O. The summed E-state index contributed by atoms with van der Waals surface area (Å²) in [5.74, 6) is 1.10. The molecule has 1 aliphatic carbocycles. The van der Waals surface area contributed by atoms with Gasteiger partial charge in [-0.15, -0.1) is 0 Å². The van der Waals surface area contributed by atoms with E-state index in [0.29, 0.717) is 17.1 Å². The van der Waals surface area contributed by atoms with Gasteiger partial charge in [0.25, 0.3) is 0 Å². The third-order valence-corrected chi connectivity index (χ3v) is 3.61. The zero-order valence-corrected chi connectivity index (χ0v) is 10.2. The highest BCUT2D eigenvalue weighted by molar-refractivity contribution is 6.59. The Kier molecular flexibility index (Phi) is 4.08. The number of ether oxygens (including phenoxy) is 1. The Balaban J connectivity index is 2.26. The van der Waals surface area contributed by atoms with Gasteiger partial charge in [-0.3, -0.25) is 0 Å². The van der Waals surface area contributed by atoms with E-state index in [2.05, 4.69) is 0 Å². The summed E-state index contributed by atoms with van der Waals surface area (Å²) < 4.78 is 5.13. The molecular formula is C13H19BO3. The van der Waals surface area contributed by atoms with Crippen molar-refractivity contribution in [3.05, 3.63) is 23.8 Å². The van der Waals surface area contributed by atoms with E-state index < -0.39 is 7.12 Å². The van der Waals surface area contributed by atoms with Crippen LogP contribution in [0.5, 0.6) is 5.75 Å². The smallest absolute Gasteiger partial charge is 0.492 e. The summed E-state index contributed by atoms with van der Waals surface area (Å²) >= 11 is 0. The Hall–Kier alpha value is -0.995. The van der Waals surface area contributed by atoms with E-state index >= 15 is 0 Å². The molecule has 1 fully saturated rings. The second-order valence-electron chi connectivity index (χ2n) is 4.71. The first-order chi connectivity index (χ1) is 8.22. The maximum atomic E-state index is 9.33. The summed E-state index contributed by atoms with van der Waals surface area (Å²) in [4.78, 5) is 0. The second-order valence-corrected chi connectivity index (χ2v) is 4.71. The Morgan fingerprint density at radius 2 is 1.88 bits per heavy atom. The molecule has 92 valence electrons. The van der Waals surface area contributed by atoms with Gasteiger partial charge in [-0.1, -0.05) is 31.4 Å². The van der Waals surface area contributed by atoms with Crippen LogP contribution in [0.2, 0.25) is 0 Å². The van der Waals surface area contributed by atoms with Crippen LogP contribution in [0.25, 0.3) is 0 Å². The molecular weight excluding hydrogens is 215 g/mol. The fraction of sp³-hybridized carbons (Fsp3) is 0.538. The standard InChI is InChI=1S/C13H19BO3/c1-17-13-8-7-11(9-12(13)14(15)16)10-5-3-2-4-6-10/h7-10,15-16H,2-6H2,1H3. The maximum absolute atomic E-state index is 9.33. The van der Waals surface area contributed by atoms with Crippen LogP contribution >= 0.6 is 0 Å². The molecule has 0 atom stereocenters. The fourth-order valence-electron chi connectivity index (χ4n) is 2.64. The normalized spacial score (nSPS) is 16.9. The minimum absolute atomic E-state index is 0.468. The molecule has 1 aliphatic rings. The number of benzene rings is 1. The highest BCUT2D eigenvalue weighted by Crippen LogP contribution is 2.32. The Bertz CT molecular complexity index is 373. The van der Waals surface area contributed by atoms with Crippen molar-refractivity contribution in [2.24, 2.45) is 0 Å². The van der Waals surface area contributed by atoms with Crippen molar-refractivity contribution in [2.45, 2.75) is 38.0 Å². The lowest BCUT2D eigenvalue weighted by Gasteiger charge is -2.23. The van der Waals surface area contributed by atoms with Crippen LogP contribution in [0.3, 0.4) is 0 Å². The molecule has 0 amide bonds. The first-order valence-corrected chi connectivity index (χ1v) is 6.26. The van der Waals surface area contributed by atoms with Crippen LogP contribution in [-0.4, -0.2) is 24.3 Å². The van der Waals surface area contributed by atoms with Crippen LogP contribution in [0.4, 0.5) is 0 Å². The largest absolute Gasteiger partial charge is 0.497 e. The first-order valence-electron chi connectivity index (χ1n) is 6.26. The van der Waals surface area contributed by atoms with Crippen molar-refractivity contribution in [3.63, 3.8) is 0 Å². The van der Waals surface area contributed by atoms with E-state index in [1.54, 1.807) is 7.11 Å². The van der Waals surface area contributed by atoms with Crippen molar-refractivity contribution >= 4 is 12.6 Å².